The van der Waals surface area contributed by atoms with Crippen LogP contribution in [0.5, 0.6) is 0 Å². The number of Topliss-reactive ketones (excluding diaryl/α,β-unsaturated/α-hetero) is 1. The standard InChI is InChI=1S/C26H38O7/c1-5-32-14-22(31)33-26(21(30)13-27)9-7-18-17-10-15(2)19-11-16(28)6-8-24(19,3)23(17)20(29)12-25(18,26)4/h11,15,17-18,20,23,27,29H,5-10,12-14H2,1-4H3/t15?,17-,18-,20?,23+,24-,25-,26-/m0/s1. The van der Waals surface area contributed by atoms with Gasteiger partial charge in [-0.2, -0.15) is 0 Å². The van der Waals surface area contributed by atoms with E-state index in [0.717, 1.165) is 18.4 Å². The Kier molecular flexibility index (Phi) is 6.38. The molecule has 0 aromatic heterocycles. The molecule has 7 nitrogen and oxygen atoms in total. The van der Waals surface area contributed by atoms with Crippen LogP contribution >= 0.6 is 0 Å². The fourth-order valence-electron chi connectivity index (χ4n) is 8.33. The Morgan fingerprint density at radius 3 is 2.64 bits per heavy atom. The number of ketones is 2. The highest BCUT2D eigenvalue weighted by Gasteiger charge is 2.70. The highest BCUT2D eigenvalue weighted by atomic mass is 16.6. The molecule has 0 radical (unpaired) electrons. The second kappa shape index (κ2) is 8.58. The van der Waals surface area contributed by atoms with Gasteiger partial charge in [0.15, 0.2) is 11.4 Å². The number of ether oxygens (including phenoxy) is 2. The summed E-state index contributed by atoms with van der Waals surface area (Å²) in [5.74, 6) is -0.538. The van der Waals surface area contributed by atoms with E-state index in [1.54, 1.807) is 6.92 Å². The van der Waals surface area contributed by atoms with Crippen molar-refractivity contribution in [2.45, 2.75) is 77.9 Å². The van der Waals surface area contributed by atoms with E-state index in [9.17, 15) is 24.6 Å². The van der Waals surface area contributed by atoms with E-state index in [2.05, 4.69) is 13.8 Å². The van der Waals surface area contributed by atoms with Gasteiger partial charge in [-0.25, -0.2) is 4.79 Å². The van der Waals surface area contributed by atoms with Crippen molar-refractivity contribution in [3.05, 3.63) is 11.6 Å². The van der Waals surface area contributed by atoms with Crippen LogP contribution < -0.4 is 0 Å². The summed E-state index contributed by atoms with van der Waals surface area (Å²) in [5.41, 5.74) is -1.34. The number of fused-ring (bicyclic) bond motifs is 5. The van der Waals surface area contributed by atoms with Crippen molar-refractivity contribution < 1.29 is 34.1 Å². The summed E-state index contributed by atoms with van der Waals surface area (Å²) >= 11 is 0. The molecule has 4 aliphatic rings. The van der Waals surface area contributed by atoms with Crippen LogP contribution in [-0.2, 0) is 23.9 Å². The first kappa shape index (κ1) is 24.6. The van der Waals surface area contributed by atoms with Crippen LogP contribution in [0.4, 0.5) is 0 Å². The summed E-state index contributed by atoms with van der Waals surface area (Å²) in [5, 5.41) is 21.4. The van der Waals surface area contributed by atoms with Crippen LogP contribution in [0.1, 0.15) is 66.2 Å². The molecule has 0 spiro atoms. The van der Waals surface area contributed by atoms with Gasteiger partial charge < -0.3 is 19.7 Å². The zero-order valence-corrected chi connectivity index (χ0v) is 20.3. The first-order valence-electron chi connectivity index (χ1n) is 12.4. The van der Waals surface area contributed by atoms with Gasteiger partial charge >= 0.3 is 5.97 Å². The molecule has 4 rings (SSSR count). The summed E-state index contributed by atoms with van der Waals surface area (Å²) in [7, 11) is 0. The second-order valence-corrected chi connectivity index (χ2v) is 11.2. The second-order valence-electron chi connectivity index (χ2n) is 11.2. The lowest BCUT2D eigenvalue weighted by molar-refractivity contribution is -0.205. The predicted molar refractivity (Wildman–Crippen MR) is 120 cm³/mol. The summed E-state index contributed by atoms with van der Waals surface area (Å²) in [6.45, 7) is 7.47. The normalized spacial score (nSPS) is 44.4. The van der Waals surface area contributed by atoms with E-state index >= 15 is 0 Å². The van der Waals surface area contributed by atoms with Crippen molar-refractivity contribution in [2.75, 3.05) is 19.8 Å². The number of carbonyl (C=O) groups excluding carboxylic acids is 3. The maximum Gasteiger partial charge on any atom is 0.333 e. The molecular weight excluding hydrogens is 424 g/mol. The Labute approximate surface area is 195 Å². The van der Waals surface area contributed by atoms with Gasteiger partial charge in [0.1, 0.15) is 13.2 Å². The van der Waals surface area contributed by atoms with E-state index in [1.807, 2.05) is 13.0 Å². The third-order valence-corrected chi connectivity index (χ3v) is 9.64. The molecule has 184 valence electrons. The number of aliphatic hydroxyl groups excluding tert-OH is 2. The first-order valence-corrected chi connectivity index (χ1v) is 12.4. The van der Waals surface area contributed by atoms with Crippen molar-refractivity contribution in [1.82, 2.24) is 0 Å². The topological polar surface area (TPSA) is 110 Å². The van der Waals surface area contributed by atoms with Gasteiger partial charge in [-0.15, -0.1) is 0 Å². The number of carbonyl (C=O) groups is 3. The maximum atomic E-state index is 13.2. The highest BCUT2D eigenvalue weighted by Crippen LogP contribution is 2.69. The smallest absolute Gasteiger partial charge is 0.333 e. The van der Waals surface area contributed by atoms with Crippen molar-refractivity contribution in [3.63, 3.8) is 0 Å². The molecule has 0 heterocycles. The fraction of sp³-hybridized carbons (Fsp3) is 0.808. The van der Waals surface area contributed by atoms with E-state index in [0.29, 0.717) is 32.3 Å². The van der Waals surface area contributed by atoms with Crippen molar-refractivity contribution in [3.8, 4) is 0 Å². The van der Waals surface area contributed by atoms with Gasteiger partial charge in [-0.3, -0.25) is 9.59 Å². The van der Waals surface area contributed by atoms with Crippen molar-refractivity contribution in [1.29, 1.82) is 0 Å². The van der Waals surface area contributed by atoms with E-state index in [1.165, 1.54) is 0 Å². The Morgan fingerprint density at radius 1 is 1.24 bits per heavy atom. The largest absolute Gasteiger partial charge is 0.449 e. The lowest BCUT2D eigenvalue weighted by Gasteiger charge is -2.62. The van der Waals surface area contributed by atoms with Gasteiger partial charge in [0, 0.05) is 18.4 Å². The number of hydrogen-bond donors (Lipinski definition) is 2. The maximum absolute atomic E-state index is 13.2. The number of rotatable bonds is 6. The SMILES string of the molecule is CCOCC(=O)O[C@]1(C(=O)CO)CC[C@H]2[C@@H]3CC(C)C4=CC(=O)CC[C@]4(C)[C@H]3C(O)C[C@@]21C. The van der Waals surface area contributed by atoms with E-state index < -0.39 is 35.5 Å². The minimum atomic E-state index is -1.46. The van der Waals surface area contributed by atoms with Crippen LogP contribution in [0.3, 0.4) is 0 Å². The van der Waals surface area contributed by atoms with Gasteiger partial charge in [0.25, 0.3) is 0 Å². The van der Waals surface area contributed by atoms with Crippen molar-refractivity contribution in [2.24, 2.45) is 34.5 Å². The Morgan fingerprint density at radius 2 is 1.97 bits per heavy atom. The monoisotopic (exact) mass is 462 g/mol. The average Bonchev–Trinajstić information content (AvgIpc) is 3.05. The third-order valence-electron chi connectivity index (χ3n) is 9.64. The third kappa shape index (κ3) is 3.53. The molecule has 33 heavy (non-hydrogen) atoms. The van der Waals surface area contributed by atoms with Crippen LogP contribution in [0.2, 0.25) is 0 Å². The predicted octanol–water partition coefficient (Wildman–Crippen LogP) is 2.62. The zero-order valence-electron chi connectivity index (χ0n) is 20.3. The summed E-state index contributed by atoms with van der Waals surface area (Å²) in [6, 6.07) is 0. The molecule has 7 heteroatoms. The molecule has 0 aliphatic heterocycles. The number of aliphatic hydroxyl groups is 2. The van der Waals surface area contributed by atoms with E-state index in [4.69, 9.17) is 9.47 Å². The van der Waals surface area contributed by atoms with Gasteiger partial charge in [0.05, 0.1) is 6.10 Å². The number of hydrogen-bond acceptors (Lipinski definition) is 7. The molecule has 0 saturated heterocycles. The fourth-order valence-corrected chi connectivity index (χ4v) is 8.33. The minimum absolute atomic E-state index is 0.00900. The molecule has 0 aromatic carbocycles. The highest BCUT2D eigenvalue weighted by molar-refractivity contribution is 5.92. The molecule has 3 fully saturated rings. The van der Waals surface area contributed by atoms with Gasteiger partial charge in [-0.05, 0) is 74.2 Å². The molecular formula is C26H38O7. The quantitative estimate of drug-likeness (QED) is 0.584. The number of allylic oxidation sites excluding steroid dienone is 1. The Balaban J connectivity index is 1.73. The Bertz CT molecular complexity index is 865. The molecule has 4 aliphatic carbocycles. The molecule has 0 bridgehead atoms. The van der Waals surface area contributed by atoms with Gasteiger partial charge in [-0.1, -0.05) is 26.3 Å². The average molecular weight is 463 g/mol. The van der Waals surface area contributed by atoms with Crippen LogP contribution in [0.25, 0.3) is 0 Å². The summed E-state index contributed by atoms with van der Waals surface area (Å²) in [6.07, 6.45) is 4.52. The molecule has 8 atom stereocenters. The first-order chi connectivity index (χ1) is 15.5. The molecule has 3 saturated carbocycles. The minimum Gasteiger partial charge on any atom is -0.449 e. The summed E-state index contributed by atoms with van der Waals surface area (Å²) in [4.78, 5) is 38.0. The zero-order chi connectivity index (χ0) is 24.2. The lowest BCUT2D eigenvalue weighted by Crippen LogP contribution is -2.64. The molecule has 2 unspecified atom stereocenters. The van der Waals surface area contributed by atoms with Crippen LogP contribution in [0, 0.1) is 34.5 Å². The number of esters is 1. The van der Waals surface area contributed by atoms with E-state index in [-0.39, 0.29) is 41.5 Å². The van der Waals surface area contributed by atoms with Crippen LogP contribution in [-0.4, -0.2) is 59.3 Å². The van der Waals surface area contributed by atoms with Gasteiger partial charge in [0.2, 0.25) is 5.78 Å². The molecule has 0 aromatic rings. The summed E-state index contributed by atoms with van der Waals surface area (Å²) < 4.78 is 11.1. The Hall–Kier alpha value is -1.57. The van der Waals surface area contributed by atoms with Crippen molar-refractivity contribution >= 4 is 17.5 Å². The molecule has 2 N–H and O–H groups in total. The molecule has 0 amide bonds. The van der Waals surface area contributed by atoms with Crippen LogP contribution in [0.15, 0.2) is 11.6 Å². The lowest BCUT2D eigenvalue weighted by atomic mass is 9.44.